The highest BCUT2D eigenvalue weighted by Gasteiger charge is 2.14. The number of hydrogen-bond acceptors (Lipinski definition) is 5. The second kappa shape index (κ2) is 7.26. The number of tetrazole rings is 1. The Morgan fingerprint density at radius 2 is 2.29 bits per heavy atom. The second-order valence-corrected chi connectivity index (χ2v) is 4.75. The number of aromatic nitrogens is 4. The SMILES string of the molecule is CCNC(=O)CSCC(C)c1nnnn1CC. The van der Waals surface area contributed by atoms with Gasteiger partial charge in [-0.2, -0.15) is 11.8 Å². The molecule has 1 aromatic rings. The third-order valence-electron chi connectivity index (χ3n) is 2.27. The molecule has 0 spiro atoms. The first-order chi connectivity index (χ1) is 8.19. The van der Waals surface area contributed by atoms with Gasteiger partial charge in [0, 0.05) is 24.8 Å². The van der Waals surface area contributed by atoms with Gasteiger partial charge in [0.2, 0.25) is 5.91 Å². The van der Waals surface area contributed by atoms with E-state index >= 15 is 0 Å². The Kier molecular flexibility index (Phi) is 5.96. The predicted octanol–water partition coefficient (Wildman–Crippen LogP) is 0.666. The molecular formula is C10H19N5OS. The Hall–Kier alpha value is -1.11. The van der Waals surface area contributed by atoms with Crippen LogP contribution in [-0.4, -0.2) is 44.2 Å². The average molecular weight is 257 g/mol. The van der Waals surface area contributed by atoms with Crippen molar-refractivity contribution in [2.24, 2.45) is 0 Å². The lowest BCUT2D eigenvalue weighted by Crippen LogP contribution is -2.24. The molecular weight excluding hydrogens is 238 g/mol. The Labute approximate surface area is 106 Å². The topological polar surface area (TPSA) is 72.7 Å². The highest BCUT2D eigenvalue weighted by molar-refractivity contribution is 7.99. The van der Waals surface area contributed by atoms with E-state index in [1.54, 1.807) is 16.4 Å². The van der Waals surface area contributed by atoms with Gasteiger partial charge in [-0.25, -0.2) is 4.68 Å². The number of nitrogens with zero attached hydrogens (tertiary/aromatic N) is 4. The molecule has 1 rings (SSSR count). The summed E-state index contributed by atoms with van der Waals surface area (Å²) in [6.07, 6.45) is 0. The first kappa shape index (κ1) is 14.0. The van der Waals surface area contributed by atoms with Crippen molar-refractivity contribution in [2.75, 3.05) is 18.1 Å². The lowest BCUT2D eigenvalue weighted by atomic mass is 10.2. The van der Waals surface area contributed by atoms with Crippen LogP contribution in [0.2, 0.25) is 0 Å². The summed E-state index contributed by atoms with van der Waals surface area (Å²) < 4.78 is 1.79. The third kappa shape index (κ3) is 4.33. The number of nitrogens with one attached hydrogen (secondary N) is 1. The molecule has 6 nitrogen and oxygen atoms in total. The van der Waals surface area contributed by atoms with E-state index in [2.05, 4.69) is 27.8 Å². The summed E-state index contributed by atoms with van der Waals surface area (Å²) in [4.78, 5) is 11.3. The van der Waals surface area contributed by atoms with Gasteiger partial charge in [-0.05, 0) is 24.3 Å². The zero-order valence-electron chi connectivity index (χ0n) is 10.5. The number of rotatable bonds is 7. The van der Waals surface area contributed by atoms with Crippen molar-refractivity contribution >= 4 is 17.7 Å². The first-order valence-corrected chi connectivity index (χ1v) is 6.95. The molecule has 0 radical (unpaired) electrons. The molecule has 17 heavy (non-hydrogen) atoms. The third-order valence-corrected chi connectivity index (χ3v) is 3.48. The van der Waals surface area contributed by atoms with Crippen molar-refractivity contribution in [1.82, 2.24) is 25.5 Å². The van der Waals surface area contributed by atoms with Crippen molar-refractivity contribution < 1.29 is 4.79 Å². The Balaban J connectivity index is 2.35. The minimum Gasteiger partial charge on any atom is -0.356 e. The Morgan fingerprint density at radius 3 is 2.94 bits per heavy atom. The van der Waals surface area contributed by atoms with Gasteiger partial charge < -0.3 is 5.32 Å². The maximum atomic E-state index is 11.3. The number of hydrogen-bond donors (Lipinski definition) is 1. The molecule has 0 aliphatic rings. The summed E-state index contributed by atoms with van der Waals surface area (Å²) in [6, 6.07) is 0. The first-order valence-electron chi connectivity index (χ1n) is 5.79. The molecule has 0 saturated heterocycles. The van der Waals surface area contributed by atoms with Gasteiger partial charge in [-0.15, -0.1) is 5.10 Å². The van der Waals surface area contributed by atoms with Crippen LogP contribution in [0.4, 0.5) is 0 Å². The van der Waals surface area contributed by atoms with Crippen LogP contribution < -0.4 is 5.32 Å². The van der Waals surface area contributed by atoms with E-state index in [1.165, 1.54) is 0 Å². The van der Waals surface area contributed by atoms with Crippen molar-refractivity contribution in [3.8, 4) is 0 Å². The summed E-state index contributed by atoms with van der Waals surface area (Å²) in [5.41, 5.74) is 0. The molecule has 1 heterocycles. The van der Waals surface area contributed by atoms with Gasteiger partial charge in [-0.3, -0.25) is 4.79 Å². The quantitative estimate of drug-likeness (QED) is 0.777. The van der Waals surface area contributed by atoms with Gasteiger partial charge in [0.25, 0.3) is 0 Å². The molecule has 1 amide bonds. The van der Waals surface area contributed by atoms with Crippen LogP contribution in [-0.2, 0) is 11.3 Å². The number of carbonyl (C=O) groups is 1. The van der Waals surface area contributed by atoms with Crippen LogP contribution >= 0.6 is 11.8 Å². The second-order valence-electron chi connectivity index (χ2n) is 3.72. The van der Waals surface area contributed by atoms with Crippen LogP contribution in [0.5, 0.6) is 0 Å². The van der Waals surface area contributed by atoms with E-state index in [0.29, 0.717) is 12.3 Å². The fraction of sp³-hybridized carbons (Fsp3) is 0.800. The van der Waals surface area contributed by atoms with E-state index in [4.69, 9.17) is 0 Å². The van der Waals surface area contributed by atoms with E-state index in [1.807, 2.05) is 13.8 Å². The maximum absolute atomic E-state index is 11.3. The van der Waals surface area contributed by atoms with Gasteiger partial charge in [-0.1, -0.05) is 6.92 Å². The van der Waals surface area contributed by atoms with Crippen LogP contribution in [0.3, 0.4) is 0 Å². The van der Waals surface area contributed by atoms with Crippen molar-refractivity contribution in [2.45, 2.75) is 33.2 Å². The molecule has 1 N–H and O–H groups in total. The van der Waals surface area contributed by atoms with E-state index in [-0.39, 0.29) is 11.8 Å². The van der Waals surface area contributed by atoms with Crippen LogP contribution in [0.15, 0.2) is 0 Å². The summed E-state index contributed by atoms with van der Waals surface area (Å²) in [5, 5.41) is 14.3. The number of carbonyl (C=O) groups excluding carboxylic acids is 1. The molecule has 1 aromatic heterocycles. The molecule has 96 valence electrons. The van der Waals surface area contributed by atoms with Crippen LogP contribution in [0.25, 0.3) is 0 Å². The lowest BCUT2D eigenvalue weighted by Gasteiger charge is -2.09. The van der Waals surface area contributed by atoms with Gasteiger partial charge in [0.1, 0.15) is 0 Å². The fourth-order valence-corrected chi connectivity index (χ4v) is 2.35. The molecule has 0 aliphatic heterocycles. The Morgan fingerprint density at radius 1 is 1.53 bits per heavy atom. The summed E-state index contributed by atoms with van der Waals surface area (Å²) >= 11 is 1.61. The minimum atomic E-state index is 0.0831. The molecule has 0 fully saturated rings. The summed E-state index contributed by atoms with van der Waals surface area (Å²) in [6.45, 7) is 7.45. The molecule has 1 unspecified atom stereocenters. The molecule has 0 saturated carbocycles. The van der Waals surface area contributed by atoms with Crippen LogP contribution in [0, 0.1) is 0 Å². The van der Waals surface area contributed by atoms with Crippen molar-refractivity contribution in [3.05, 3.63) is 5.82 Å². The Bertz CT molecular complexity index is 354. The van der Waals surface area contributed by atoms with Gasteiger partial charge >= 0.3 is 0 Å². The van der Waals surface area contributed by atoms with Crippen LogP contribution in [0.1, 0.15) is 32.5 Å². The normalized spacial score (nSPS) is 12.4. The lowest BCUT2D eigenvalue weighted by molar-refractivity contribution is -0.118. The molecule has 0 bridgehead atoms. The molecule has 0 aliphatic carbocycles. The number of amides is 1. The number of thioether (sulfide) groups is 1. The molecule has 7 heteroatoms. The maximum Gasteiger partial charge on any atom is 0.229 e. The highest BCUT2D eigenvalue weighted by atomic mass is 32.2. The smallest absolute Gasteiger partial charge is 0.229 e. The summed E-state index contributed by atoms with van der Waals surface area (Å²) in [5.74, 6) is 2.56. The minimum absolute atomic E-state index is 0.0831. The van der Waals surface area contributed by atoms with E-state index in [0.717, 1.165) is 18.1 Å². The standard InChI is InChI=1S/C10H19N5OS/c1-4-11-9(16)7-17-6-8(3)10-12-13-14-15(10)5-2/h8H,4-7H2,1-3H3,(H,11,16). The summed E-state index contributed by atoms with van der Waals surface area (Å²) in [7, 11) is 0. The largest absolute Gasteiger partial charge is 0.356 e. The van der Waals surface area contributed by atoms with E-state index in [9.17, 15) is 4.79 Å². The average Bonchev–Trinajstić information content (AvgIpc) is 2.77. The fourth-order valence-electron chi connectivity index (χ4n) is 1.44. The molecule has 0 aromatic carbocycles. The molecule has 1 atom stereocenters. The highest BCUT2D eigenvalue weighted by Crippen LogP contribution is 2.17. The van der Waals surface area contributed by atoms with Crippen molar-refractivity contribution in [3.63, 3.8) is 0 Å². The zero-order valence-corrected chi connectivity index (χ0v) is 11.3. The number of aryl methyl sites for hydroxylation is 1. The van der Waals surface area contributed by atoms with Crippen molar-refractivity contribution in [1.29, 1.82) is 0 Å². The van der Waals surface area contributed by atoms with Gasteiger partial charge in [0.05, 0.1) is 5.75 Å². The van der Waals surface area contributed by atoms with E-state index < -0.39 is 0 Å². The van der Waals surface area contributed by atoms with Gasteiger partial charge in [0.15, 0.2) is 5.82 Å². The predicted molar refractivity (Wildman–Crippen MR) is 67.9 cm³/mol. The zero-order chi connectivity index (χ0) is 12.7. The monoisotopic (exact) mass is 257 g/mol.